The number of carbonyl (C=O) groups is 2. The van der Waals surface area contributed by atoms with Gasteiger partial charge in [0.15, 0.2) is 0 Å². The van der Waals surface area contributed by atoms with E-state index >= 15 is 0 Å². The standard InChI is InChI=1S/C28H29ClN4O2/c1-19(2)22-13-9-21(10-14-22)18-30-32-28(35)26(17-20-11-15-23(16-12-20)33(3)4)31-27(34)24-7-5-6-8-25(24)29/h5-19H,1-4H3,(H,31,34)(H,32,35)/b26-17-,30-18?. The van der Waals surface area contributed by atoms with E-state index in [0.717, 1.165) is 16.8 Å². The van der Waals surface area contributed by atoms with Crippen molar-refractivity contribution in [1.29, 1.82) is 0 Å². The van der Waals surface area contributed by atoms with E-state index in [1.54, 1.807) is 36.6 Å². The van der Waals surface area contributed by atoms with Gasteiger partial charge in [0, 0.05) is 19.8 Å². The minimum Gasteiger partial charge on any atom is -0.378 e. The van der Waals surface area contributed by atoms with Crippen molar-refractivity contribution in [2.45, 2.75) is 19.8 Å². The van der Waals surface area contributed by atoms with Crippen molar-refractivity contribution in [2.24, 2.45) is 5.10 Å². The summed E-state index contributed by atoms with van der Waals surface area (Å²) in [5.41, 5.74) is 6.63. The maximum absolute atomic E-state index is 13.0. The van der Waals surface area contributed by atoms with Gasteiger partial charge in [-0.25, -0.2) is 5.43 Å². The molecular formula is C28H29ClN4O2. The first-order valence-electron chi connectivity index (χ1n) is 11.2. The molecule has 2 amide bonds. The molecule has 6 nitrogen and oxygen atoms in total. The summed E-state index contributed by atoms with van der Waals surface area (Å²) in [6.45, 7) is 4.25. The largest absolute Gasteiger partial charge is 0.378 e. The van der Waals surface area contributed by atoms with Gasteiger partial charge in [0.25, 0.3) is 11.8 Å². The summed E-state index contributed by atoms with van der Waals surface area (Å²) in [5, 5.41) is 7.03. The van der Waals surface area contributed by atoms with E-state index in [0.29, 0.717) is 10.9 Å². The zero-order valence-corrected chi connectivity index (χ0v) is 21.0. The molecule has 0 saturated carbocycles. The number of hydrazone groups is 1. The van der Waals surface area contributed by atoms with Crippen LogP contribution in [0.2, 0.25) is 5.02 Å². The van der Waals surface area contributed by atoms with E-state index in [2.05, 4.69) is 29.7 Å². The number of anilines is 1. The molecule has 0 spiro atoms. The fourth-order valence-electron chi connectivity index (χ4n) is 3.22. The number of halogens is 1. The van der Waals surface area contributed by atoms with Crippen LogP contribution in [0.1, 0.15) is 46.8 Å². The van der Waals surface area contributed by atoms with Crippen LogP contribution in [-0.4, -0.2) is 32.1 Å². The van der Waals surface area contributed by atoms with Crippen LogP contribution in [0.15, 0.2) is 83.6 Å². The Bertz CT molecular complexity index is 1230. The first-order valence-corrected chi connectivity index (χ1v) is 11.6. The minimum absolute atomic E-state index is 0.0415. The Balaban J connectivity index is 1.81. The van der Waals surface area contributed by atoms with E-state index in [-0.39, 0.29) is 11.3 Å². The summed E-state index contributed by atoms with van der Waals surface area (Å²) in [7, 11) is 3.89. The van der Waals surface area contributed by atoms with Crippen molar-refractivity contribution in [3.8, 4) is 0 Å². The van der Waals surface area contributed by atoms with Gasteiger partial charge in [-0.3, -0.25) is 9.59 Å². The monoisotopic (exact) mass is 488 g/mol. The lowest BCUT2D eigenvalue weighted by molar-refractivity contribution is -0.117. The summed E-state index contributed by atoms with van der Waals surface area (Å²) < 4.78 is 0. The fourth-order valence-corrected chi connectivity index (χ4v) is 3.44. The molecule has 0 aliphatic carbocycles. The molecule has 0 bridgehead atoms. The van der Waals surface area contributed by atoms with Crippen molar-refractivity contribution in [2.75, 3.05) is 19.0 Å². The molecule has 0 fully saturated rings. The molecule has 0 atom stereocenters. The van der Waals surface area contributed by atoms with Gasteiger partial charge in [-0.15, -0.1) is 0 Å². The number of nitrogens with zero attached hydrogens (tertiary/aromatic N) is 2. The van der Waals surface area contributed by atoms with Crippen LogP contribution < -0.4 is 15.6 Å². The highest BCUT2D eigenvalue weighted by Crippen LogP contribution is 2.17. The SMILES string of the molecule is CC(C)c1ccc(C=NNC(=O)/C(=C/c2ccc(N(C)C)cc2)NC(=O)c2ccccc2Cl)cc1. The Labute approximate surface area is 211 Å². The molecule has 0 aromatic heterocycles. The van der Waals surface area contributed by atoms with Crippen molar-refractivity contribution < 1.29 is 9.59 Å². The maximum Gasteiger partial charge on any atom is 0.287 e. The highest BCUT2D eigenvalue weighted by Gasteiger charge is 2.16. The predicted octanol–water partition coefficient (Wildman–Crippen LogP) is 5.45. The molecule has 0 saturated heterocycles. The molecule has 0 radical (unpaired) electrons. The predicted molar refractivity (Wildman–Crippen MR) is 144 cm³/mol. The fraction of sp³-hybridized carbons (Fsp3) is 0.179. The Morgan fingerprint density at radius 2 is 1.54 bits per heavy atom. The molecule has 2 N–H and O–H groups in total. The molecule has 180 valence electrons. The maximum atomic E-state index is 13.0. The lowest BCUT2D eigenvalue weighted by Crippen LogP contribution is -2.33. The second kappa shape index (κ2) is 12.0. The highest BCUT2D eigenvalue weighted by molar-refractivity contribution is 6.34. The minimum atomic E-state index is -0.558. The van der Waals surface area contributed by atoms with Crippen LogP contribution in [0.5, 0.6) is 0 Å². The van der Waals surface area contributed by atoms with Gasteiger partial charge < -0.3 is 10.2 Å². The Hall–Kier alpha value is -3.90. The average Bonchev–Trinajstić information content (AvgIpc) is 2.84. The zero-order valence-electron chi connectivity index (χ0n) is 20.2. The Morgan fingerprint density at radius 1 is 0.914 bits per heavy atom. The quantitative estimate of drug-likeness (QED) is 0.251. The number of benzene rings is 3. The molecule has 0 aliphatic rings. The first-order chi connectivity index (χ1) is 16.7. The van der Waals surface area contributed by atoms with Crippen LogP contribution in [-0.2, 0) is 4.79 Å². The van der Waals surface area contributed by atoms with Crippen LogP contribution in [0.25, 0.3) is 6.08 Å². The lowest BCUT2D eigenvalue weighted by Gasteiger charge is -2.13. The molecule has 3 aromatic rings. The molecule has 7 heteroatoms. The van der Waals surface area contributed by atoms with Gasteiger partial charge in [0.2, 0.25) is 0 Å². The van der Waals surface area contributed by atoms with Gasteiger partial charge in [-0.05, 0) is 52.9 Å². The topological polar surface area (TPSA) is 73.8 Å². The second-order valence-electron chi connectivity index (χ2n) is 8.50. The third-order valence-corrected chi connectivity index (χ3v) is 5.64. The summed E-state index contributed by atoms with van der Waals surface area (Å²) in [4.78, 5) is 27.8. The van der Waals surface area contributed by atoms with Crippen LogP contribution in [0.4, 0.5) is 5.69 Å². The van der Waals surface area contributed by atoms with Gasteiger partial charge >= 0.3 is 0 Å². The zero-order chi connectivity index (χ0) is 25.4. The molecule has 0 heterocycles. The van der Waals surface area contributed by atoms with Crippen molar-refractivity contribution in [3.63, 3.8) is 0 Å². The number of hydrogen-bond acceptors (Lipinski definition) is 4. The van der Waals surface area contributed by atoms with Crippen molar-refractivity contribution in [1.82, 2.24) is 10.7 Å². The van der Waals surface area contributed by atoms with Gasteiger partial charge in [-0.2, -0.15) is 5.10 Å². The van der Waals surface area contributed by atoms with Gasteiger partial charge in [0.05, 0.1) is 16.8 Å². The number of amides is 2. The molecule has 3 aromatic carbocycles. The van der Waals surface area contributed by atoms with Crippen molar-refractivity contribution >= 4 is 41.4 Å². The molecular weight excluding hydrogens is 460 g/mol. The second-order valence-corrected chi connectivity index (χ2v) is 8.91. The number of hydrogen-bond donors (Lipinski definition) is 2. The van der Waals surface area contributed by atoms with Gasteiger partial charge in [-0.1, -0.05) is 74.0 Å². The molecule has 35 heavy (non-hydrogen) atoms. The summed E-state index contributed by atoms with van der Waals surface area (Å²) >= 11 is 6.16. The van der Waals surface area contributed by atoms with E-state index in [1.807, 2.05) is 67.5 Å². The number of nitrogens with one attached hydrogen (secondary N) is 2. The summed E-state index contributed by atoms with van der Waals surface area (Å²) in [5.74, 6) is -0.616. The van der Waals surface area contributed by atoms with E-state index < -0.39 is 11.8 Å². The van der Waals surface area contributed by atoms with Crippen LogP contribution >= 0.6 is 11.6 Å². The van der Waals surface area contributed by atoms with Crippen molar-refractivity contribution in [3.05, 3.63) is 106 Å². The summed E-state index contributed by atoms with van der Waals surface area (Å²) in [6.07, 6.45) is 3.15. The van der Waals surface area contributed by atoms with E-state index in [9.17, 15) is 9.59 Å². The number of rotatable bonds is 8. The first kappa shape index (κ1) is 25.7. The molecule has 0 aliphatic heterocycles. The number of carbonyl (C=O) groups excluding carboxylic acids is 2. The third kappa shape index (κ3) is 7.29. The lowest BCUT2D eigenvalue weighted by atomic mass is 10.0. The average molecular weight is 489 g/mol. The molecule has 3 rings (SSSR count). The Kier molecular flexibility index (Phi) is 8.81. The summed E-state index contributed by atoms with van der Waals surface area (Å²) in [6, 6.07) is 22.2. The van der Waals surface area contributed by atoms with Crippen LogP contribution in [0, 0.1) is 0 Å². The van der Waals surface area contributed by atoms with E-state index in [1.165, 1.54) is 5.56 Å². The van der Waals surface area contributed by atoms with Crippen LogP contribution in [0.3, 0.4) is 0 Å². The molecule has 0 unspecified atom stereocenters. The smallest absolute Gasteiger partial charge is 0.287 e. The Morgan fingerprint density at radius 3 is 2.14 bits per heavy atom. The normalized spacial score (nSPS) is 11.5. The van der Waals surface area contributed by atoms with E-state index in [4.69, 9.17) is 11.6 Å². The third-order valence-electron chi connectivity index (χ3n) is 5.31. The highest BCUT2D eigenvalue weighted by atomic mass is 35.5. The van der Waals surface area contributed by atoms with Gasteiger partial charge in [0.1, 0.15) is 5.70 Å².